The number of nitrogens with zero attached hydrogens (tertiary/aromatic N) is 1. The van der Waals surface area contributed by atoms with E-state index >= 15 is 0 Å². The van der Waals surface area contributed by atoms with Crippen LogP contribution in [0, 0.1) is 17.1 Å². The van der Waals surface area contributed by atoms with E-state index in [9.17, 15) is 9.18 Å². The summed E-state index contributed by atoms with van der Waals surface area (Å²) in [6.45, 7) is 3.06. The molecule has 5 heteroatoms. The first-order valence-electron chi connectivity index (χ1n) is 5.33. The van der Waals surface area contributed by atoms with Gasteiger partial charge in [-0.05, 0) is 24.6 Å². The van der Waals surface area contributed by atoms with Crippen molar-refractivity contribution in [2.75, 3.05) is 13.1 Å². The minimum atomic E-state index is -0.528. The summed E-state index contributed by atoms with van der Waals surface area (Å²) in [7, 11) is 0. The van der Waals surface area contributed by atoms with Gasteiger partial charge in [0.1, 0.15) is 11.9 Å². The van der Waals surface area contributed by atoms with E-state index in [1.807, 2.05) is 6.92 Å². The molecule has 1 amide bonds. The number of hydrogen-bond donors (Lipinski definition) is 2. The largest absolute Gasteiger partial charge is 0.355 e. The van der Waals surface area contributed by atoms with Gasteiger partial charge in [-0.3, -0.25) is 4.79 Å². The third-order valence-electron chi connectivity index (χ3n) is 2.14. The van der Waals surface area contributed by atoms with Crippen molar-refractivity contribution in [3.05, 3.63) is 35.1 Å². The molecule has 0 aliphatic rings. The van der Waals surface area contributed by atoms with Crippen LogP contribution in [0.15, 0.2) is 18.2 Å². The molecule has 0 heterocycles. The van der Waals surface area contributed by atoms with Gasteiger partial charge < -0.3 is 10.6 Å². The van der Waals surface area contributed by atoms with Gasteiger partial charge in [0.2, 0.25) is 5.91 Å². The maximum Gasteiger partial charge on any atom is 0.233 e. The Kier molecular flexibility index (Phi) is 5.11. The van der Waals surface area contributed by atoms with Crippen molar-refractivity contribution >= 4 is 5.91 Å². The molecule has 0 aliphatic heterocycles. The fourth-order valence-electron chi connectivity index (χ4n) is 1.35. The van der Waals surface area contributed by atoms with Crippen LogP contribution < -0.4 is 10.6 Å². The van der Waals surface area contributed by atoms with Crippen LogP contribution in [0.2, 0.25) is 0 Å². The summed E-state index contributed by atoms with van der Waals surface area (Å²) in [5.74, 6) is -0.616. The van der Waals surface area contributed by atoms with Crippen molar-refractivity contribution in [3.8, 4) is 6.07 Å². The minimum Gasteiger partial charge on any atom is -0.355 e. The van der Waals surface area contributed by atoms with Gasteiger partial charge in [0, 0.05) is 13.1 Å². The number of carbonyl (C=O) groups is 1. The highest BCUT2D eigenvalue weighted by atomic mass is 19.1. The maximum absolute atomic E-state index is 13.0. The second kappa shape index (κ2) is 6.61. The SMILES string of the molecule is CCNC(=O)CNCc1ccc(F)c(C#N)c1. The number of nitriles is 1. The lowest BCUT2D eigenvalue weighted by molar-refractivity contribution is -0.120. The Morgan fingerprint density at radius 2 is 2.29 bits per heavy atom. The number of carbonyl (C=O) groups excluding carboxylic acids is 1. The average molecular weight is 235 g/mol. The van der Waals surface area contributed by atoms with Crippen molar-refractivity contribution in [2.24, 2.45) is 0 Å². The van der Waals surface area contributed by atoms with E-state index in [4.69, 9.17) is 5.26 Å². The fourth-order valence-corrected chi connectivity index (χ4v) is 1.35. The molecule has 0 aliphatic carbocycles. The van der Waals surface area contributed by atoms with Crippen molar-refractivity contribution in [1.82, 2.24) is 10.6 Å². The number of amides is 1. The number of likely N-dealkylation sites (N-methyl/N-ethyl adjacent to an activating group) is 1. The Bertz CT molecular complexity index is 440. The first-order chi connectivity index (χ1) is 8.17. The Labute approximate surface area is 99.4 Å². The fraction of sp³-hybridized carbons (Fsp3) is 0.333. The molecule has 0 atom stereocenters. The van der Waals surface area contributed by atoms with Crippen molar-refractivity contribution in [1.29, 1.82) is 5.26 Å². The molecule has 1 aromatic rings. The zero-order valence-corrected chi connectivity index (χ0v) is 9.59. The number of halogens is 1. The molecule has 1 aromatic carbocycles. The van der Waals surface area contributed by atoms with Gasteiger partial charge in [-0.1, -0.05) is 6.07 Å². The van der Waals surface area contributed by atoms with Gasteiger partial charge in [-0.2, -0.15) is 5.26 Å². The number of benzene rings is 1. The van der Waals surface area contributed by atoms with Crippen LogP contribution in [0.25, 0.3) is 0 Å². The normalized spacial score (nSPS) is 9.71. The van der Waals surface area contributed by atoms with E-state index in [1.165, 1.54) is 12.1 Å². The summed E-state index contributed by atoms with van der Waals surface area (Å²) < 4.78 is 13.0. The Morgan fingerprint density at radius 1 is 1.53 bits per heavy atom. The maximum atomic E-state index is 13.0. The molecule has 0 spiro atoms. The standard InChI is InChI=1S/C12H14FN3O/c1-2-16-12(17)8-15-7-9-3-4-11(13)10(5-9)6-14/h3-5,15H,2,7-8H2,1H3,(H,16,17). The molecule has 0 saturated heterocycles. The number of hydrogen-bond acceptors (Lipinski definition) is 3. The molecule has 0 fully saturated rings. The number of nitrogens with one attached hydrogen (secondary N) is 2. The molecule has 0 aromatic heterocycles. The van der Waals surface area contributed by atoms with Crippen molar-refractivity contribution in [3.63, 3.8) is 0 Å². The quantitative estimate of drug-likeness (QED) is 0.797. The summed E-state index contributed by atoms with van der Waals surface area (Å²) >= 11 is 0. The van der Waals surface area contributed by atoms with E-state index in [2.05, 4.69) is 10.6 Å². The summed E-state index contributed by atoms with van der Waals surface area (Å²) in [6.07, 6.45) is 0. The molecule has 0 unspecified atom stereocenters. The van der Waals surface area contributed by atoms with E-state index in [0.29, 0.717) is 13.1 Å². The molecule has 1 rings (SSSR count). The summed E-state index contributed by atoms with van der Waals surface area (Å²) in [4.78, 5) is 11.1. The van der Waals surface area contributed by atoms with Gasteiger partial charge >= 0.3 is 0 Å². The lowest BCUT2D eigenvalue weighted by Gasteiger charge is -2.05. The van der Waals surface area contributed by atoms with Crippen LogP contribution in [-0.4, -0.2) is 19.0 Å². The van der Waals surface area contributed by atoms with Gasteiger partial charge in [0.05, 0.1) is 12.1 Å². The van der Waals surface area contributed by atoms with E-state index in [1.54, 1.807) is 12.1 Å². The van der Waals surface area contributed by atoms with Crippen LogP contribution in [0.3, 0.4) is 0 Å². The molecule has 90 valence electrons. The lowest BCUT2D eigenvalue weighted by Crippen LogP contribution is -2.33. The predicted octanol–water partition coefficient (Wildman–Crippen LogP) is 0.923. The van der Waals surface area contributed by atoms with Gasteiger partial charge in [-0.15, -0.1) is 0 Å². The topological polar surface area (TPSA) is 64.9 Å². The van der Waals surface area contributed by atoms with Gasteiger partial charge in [0.25, 0.3) is 0 Å². The highest BCUT2D eigenvalue weighted by molar-refractivity contribution is 5.77. The van der Waals surface area contributed by atoms with Crippen LogP contribution in [-0.2, 0) is 11.3 Å². The first-order valence-corrected chi connectivity index (χ1v) is 5.33. The third-order valence-corrected chi connectivity index (χ3v) is 2.14. The smallest absolute Gasteiger partial charge is 0.233 e. The minimum absolute atomic E-state index is 0.0160. The monoisotopic (exact) mass is 235 g/mol. The first kappa shape index (κ1) is 13.1. The second-order valence-corrected chi connectivity index (χ2v) is 3.48. The van der Waals surface area contributed by atoms with Crippen LogP contribution in [0.5, 0.6) is 0 Å². The van der Waals surface area contributed by atoms with Crippen molar-refractivity contribution < 1.29 is 9.18 Å². The van der Waals surface area contributed by atoms with Crippen LogP contribution >= 0.6 is 0 Å². The highest BCUT2D eigenvalue weighted by Gasteiger charge is 2.03. The summed E-state index contributed by atoms with van der Waals surface area (Å²) in [5, 5.41) is 14.2. The van der Waals surface area contributed by atoms with Crippen LogP contribution in [0.1, 0.15) is 18.1 Å². The number of rotatable bonds is 5. The Morgan fingerprint density at radius 3 is 2.94 bits per heavy atom. The zero-order valence-electron chi connectivity index (χ0n) is 9.59. The Hall–Kier alpha value is -1.93. The molecular weight excluding hydrogens is 221 g/mol. The molecule has 0 bridgehead atoms. The van der Waals surface area contributed by atoms with Gasteiger partial charge in [-0.25, -0.2) is 4.39 Å². The molecule has 4 nitrogen and oxygen atoms in total. The van der Waals surface area contributed by atoms with Crippen LogP contribution in [0.4, 0.5) is 4.39 Å². The molecule has 17 heavy (non-hydrogen) atoms. The van der Waals surface area contributed by atoms with Crippen molar-refractivity contribution in [2.45, 2.75) is 13.5 Å². The van der Waals surface area contributed by atoms with Gasteiger partial charge in [0.15, 0.2) is 0 Å². The van der Waals surface area contributed by atoms with E-state index in [-0.39, 0.29) is 18.0 Å². The molecule has 2 N–H and O–H groups in total. The third kappa shape index (κ3) is 4.21. The molecule has 0 radical (unpaired) electrons. The highest BCUT2D eigenvalue weighted by Crippen LogP contribution is 2.09. The Balaban J connectivity index is 2.48. The summed E-state index contributed by atoms with van der Waals surface area (Å²) in [5.41, 5.74) is 0.787. The summed E-state index contributed by atoms with van der Waals surface area (Å²) in [6, 6.07) is 6.08. The zero-order chi connectivity index (χ0) is 12.7. The molecule has 0 saturated carbocycles. The predicted molar refractivity (Wildman–Crippen MR) is 61.5 cm³/mol. The lowest BCUT2D eigenvalue weighted by atomic mass is 10.1. The average Bonchev–Trinajstić information content (AvgIpc) is 2.31. The van der Waals surface area contributed by atoms with E-state index < -0.39 is 5.82 Å². The second-order valence-electron chi connectivity index (χ2n) is 3.48. The van der Waals surface area contributed by atoms with E-state index in [0.717, 1.165) is 5.56 Å². The molecular formula is C12H14FN3O.